The van der Waals surface area contributed by atoms with Crippen molar-refractivity contribution in [1.82, 2.24) is 0 Å². The molecule has 0 heterocycles. The van der Waals surface area contributed by atoms with Gasteiger partial charge in [-0.25, -0.2) is 9.59 Å². The molecule has 0 amide bonds. The fourth-order valence-corrected chi connectivity index (χ4v) is 1.79. The molecule has 0 aliphatic rings. The number of carbonyl (C=O) groups is 2. The van der Waals surface area contributed by atoms with Crippen molar-refractivity contribution in [2.75, 3.05) is 0 Å². The number of ether oxygens (including phenoxy) is 1. The maximum absolute atomic E-state index is 11.9. The van der Waals surface area contributed by atoms with Crippen LogP contribution in [-0.4, -0.2) is 23.1 Å². The van der Waals surface area contributed by atoms with E-state index in [-0.39, 0.29) is 11.7 Å². The lowest BCUT2D eigenvalue weighted by atomic mass is 10.0. The van der Waals surface area contributed by atoms with Gasteiger partial charge >= 0.3 is 11.9 Å². The van der Waals surface area contributed by atoms with Crippen LogP contribution in [0, 0.1) is 5.92 Å². The Hall–Kier alpha value is -1.84. The van der Waals surface area contributed by atoms with Crippen molar-refractivity contribution in [3.63, 3.8) is 0 Å². The van der Waals surface area contributed by atoms with Crippen LogP contribution in [0.2, 0.25) is 0 Å². The molecule has 1 aromatic carbocycles. The minimum absolute atomic E-state index is 0.0911. The summed E-state index contributed by atoms with van der Waals surface area (Å²) < 4.78 is 5.41. The van der Waals surface area contributed by atoms with Gasteiger partial charge in [-0.05, 0) is 43.0 Å². The number of aromatic carboxylic acids is 1. The Kier molecular flexibility index (Phi) is 5.55. The normalized spacial score (nSPS) is 12.2. The Morgan fingerprint density at radius 2 is 1.68 bits per heavy atom. The molecule has 1 aromatic rings. The van der Waals surface area contributed by atoms with E-state index in [0.29, 0.717) is 11.5 Å². The van der Waals surface area contributed by atoms with Gasteiger partial charge in [-0.2, -0.15) is 0 Å². The lowest BCUT2D eigenvalue weighted by molar-refractivity contribution is 0.0244. The predicted octanol–water partition coefficient (Wildman–Crippen LogP) is 3.37. The second-order valence-electron chi connectivity index (χ2n) is 4.95. The molecule has 0 radical (unpaired) electrons. The molecule has 1 rings (SSSR count). The summed E-state index contributed by atoms with van der Waals surface area (Å²) in [5.41, 5.74) is 0.540. The van der Waals surface area contributed by atoms with Gasteiger partial charge in [-0.15, -0.1) is 0 Å². The van der Waals surface area contributed by atoms with Gasteiger partial charge in [0.15, 0.2) is 0 Å². The molecule has 0 fully saturated rings. The first-order valence-electron chi connectivity index (χ1n) is 6.48. The first kappa shape index (κ1) is 15.2. The minimum atomic E-state index is -1.01. The van der Waals surface area contributed by atoms with Crippen LogP contribution in [-0.2, 0) is 4.74 Å². The van der Waals surface area contributed by atoms with Gasteiger partial charge in [-0.1, -0.05) is 20.8 Å². The summed E-state index contributed by atoms with van der Waals surface area (Å²) in [6.07, 6.45) is 1.51. The van der Waals surface area contributed by atoms with Crippen LogP contribution < -0.4 is 0 Å². The molecular formula is C15H20O4. The Morgan fingerprint density at radius 1 is 1.16 bits per heavy atom. The molecule has 1 unspecified atom stereocenters. The quantitative estimate of drug-likeness (QED) is 0.800. The van der Waals surface area contributed by atoms with Crippen molar-refractivity contribution in [3.05, 3.63) is 35.4 Å². The Morgan fingerprint density at radius 3 is 2.11 bits per heavy atom. The van der Waals surface area contributed by atoms with Crippen LogP contribution in [0.5, 0.6) is 0 Å². The zero-order chi connectivity index (χ0) is 14.4. The molecule has 0 saturated carbocycles. The highest BCUT2D eigenvalue weighted by Gasteiger charge is 2.16. The number of hydrogen-bond donors (Lipinski definition) is 1. The number of benzene rings is 1. The molecule has 0 spiro atoms. The van der Waals surface area contributed by atoms with Crippen molar-refractivity contribution in [2.45, 2.75) is 39.7 Å². The van der Waals surface area contributed by atoms with Crippen molar-refractivity contribution in [2.24, 2.45) is 5.92 Å². The molecule has 1 atom stereocenters. The smallest absolute Gasteiger partial charge is 0.338 e. The summed E-state index contributed by atoms with van der Waals surface area (Å²) in [7, 11) is 0. The first-order chi connectivity index (χ1) is 8.93. The summed E-state index contributed by atoms with van der Waals surface area (Å²) in [4.78, 5) is 22.6. The van der Waals surface area contributed by atoms with Crippen LogP contribution in [0.3, 0.4) is 0 Å². The Bertz CT molecular complexity index is 434. The lowest BCUT2D eigenvalue weighted by Crippen LogP contribution is -2.19. The van der Waals surface area contributed by atoms with Crippen LogP contribution in [0.4, 0.5) is 0 Å². The maximum atomic E-state index is 11.9. The molecule has 0 saturated heterocycles. The van der Waals surface area contributed by atoms with Crippen molar-refractivity contribution in [3.8, 4) is 0 Å². The molecule has 0 aliphatic carbocycles. The third-order valence-electron chi connectivity index (χ3n) is 2.83. The van der Waals surface area contributed by atoms with Crippen LogP contribution >= 0.6 is 0 Å². The molecular weight excluding hydrogens is 244 g/mol. The Labute approximate surface area is 113 Å². The number of rotatable bonds is 6. The average molecular weight is 264 g/mol. The topological polar surface area (TPSA) is 63.6 Å². The van der Waals surface area contributed by atoms with Crippen molar-refractivity contribution >= 4 is 11.9 Å². The van der Waals surface area contributed by atoms with Gasteiger partial charge in [0.25, 0.3) is 0 Å². The van der Waals surface area contributed by atoms with Gasteiger partial charge in [0.2, 0.25) is 0 Å². The van der Waals surface area contributed by atoms with Crippen LogP contribution in [0.25, 0.3) is 0 Å². The summed E-state index contributed by atoms with van der Waals surface area (Å²) in [5.74, 6) is -0.942. The minimum Gasteiger partial charge on any atom is -0.478 e. The summed E-state index contributed by atoms with van der Waals surface area (Å²) in [6.45, 7) is 6.14. The molecule has 4 nitrogen and oxygen atoms in total. The molecule has 19 heavy (non-hydrogen) atoms. The third-order valence-corrected chi connectivity index (χ3v) is 2.83. The number of hydrogen-bond acceptors (Lipinski definition) is 3. The zero-order valence-corrected chi connectivity index (χ0v) is 11.6. The number of esters is 1. The largest absolute Gasteiger partial charge is 0.478 e. The monoisotopic (exact) mass is 264 g/mol. The number of carboxylic acid groups (broad SMARTS) is 1. The van der Waals surface area contributed by atoms with E-state index in [4.69, 9.17) is 9.84 Å². The SMILES string of the molecule is CCC(CC(C)C)OC(=O)c1ccc(C(=O)O)cc1. The molecule has 0 aliphatic heterocycles. The average Bonchev–Trinajstić information content (AvgIpc) is 2.37. The molecule has 4 heteroatoms. The first-order valence-corrected chi connectivity index (χ1v) is 6.48. The number of carboxylic acids is 1. The van der Waals surface area contributed by atoms with E-state index in [1.54, 1.807) is 0 Å². The van der Waals surface area contributed by atoms with E-state index in [1.165, 1.54) is 24.3 Å². The number of carbonyl (C=O) groups excluding carboxylic acids is 1. The summed E-state index contributed by atoms with van der Waals surface area (Å²) in [5, 5.41) is 8.78. The summed E-state index contributed by atoms with van der Waals surface area (Å²) >= 11 is 0. The van der Waals surface area contributed by atoms with Crippen LogP contribution in [0.15, 0.2) is 24.3 Å². The Balaban J connectivity index is 2.69. The van der Waals surface area contributed by atoms with Gasteiger partial charge in [0.05, 0.1) is 11.1 Å². The highest BCUT2D eigenvalue weighted by Crippen LogP contribution is 2.14. The second-order valence-corrected chi connectivity index (χ2v) is 4.95. The standard InChI is InChI=1S/C15H20O4/c1-4-13(9-10(2)3)19-15(18)12-7-5-11(6-8-12)14(16)17/h5-8,10,13H,4,9H2,1-3H3,(H,16,17). The highest BCUT2D eigenvalue weighted by atomic mass is 16.5. The highest BCUT2D eigenvalue weighted by molar-refractivity contribution is 5.92. The maximum Gasteiger partial charge on any atom is 0.338 e. The zero-order valence-electron chi connectivity index (χ0n) is 11.6. The molecule has 0 aromatic heterocycles. The van der Waals surface area contributed by atoms with E-state index in [9.17, 15) is 9.59 Å². The summed E-state index contributed by atoms with van der Waals surface area (Å²) in [6, 6.07) is 5.77. The van der Waals surface area contributed by atoms with Gasteiger partial charge in [0.1, 0.15) is 6.10 Å². The fourth-order valence-electron chi connectivity index (χ4n) is 1.79. The van der Waals surface area contributed by atoms with Gasteiger partial charge < -0.3 is 9.84 Å². The fraction of sp³-hybridized carbons (Fsp3) is 0.467. The molecule has 0 bridgehead atoms. The molecule has 1 N–H and O–H groups in total. The van der Waals surface area contributed by atoms with Gasteiger partial charge in [0, 0.05) is 0 Å². The van der Waals surface area contributed by atoms with Crippen molar-refractivity contribution < 1.29 is 19.4 Å². The second kappa shape index (κ2) is 6.92. The van der Waals surface area contributed by atoms with E-state index in [1.807, 2.05) is 6.92 Å². The van der Waals surface area contributed by atoms with E-state index in [2.05, 4.69) is 13.8 Å². The van der Waals surface area contributed by atoms with Gasteiger partial charge in [-0.3, -0.25) is 0 Å². The van der Waals surface area contributed by atoms with Crippen LogP contribution in [0.1, 0.15) is 54.3 Å². The van der Waals surface area contributed by atoms with E-state index < -0.39 is 11.9 Å². The third kappa shape index (κ3) is 4.73. The van der Waals surface area contributed by atoms with E-state index >= 15 is 0 Å². The van der Waals surface area contributed by atoms with Crippen molar-refractivity contribution in [1.29, 1.82) is 0 Å². The molecule has 104 valence electrons. The predicted molar refractivity (Wildman–Crippen MR) is 72.4 cm³/mol. The van der Waals surface area contributed by atoms with E-state index in [0.717, 1.165) is 12.8 Å². The lowest BCUT2D eigenvalue weighted by Gasteiger charge is -2.18.